The number of nitrogens with one attached hydrogen (secondary N) is 1. The molecule has 1 aromatic carbocycles. The lowest BCUT2D eigenvalue weighted by atomic mass is 9.48. The number of benzene rings is 1. The topological polar surface area (TPSA) is 75.6 Å². The van der Waals surface area contributed by atoms with Gasteiger partial charge in [0, 0.05) is 0 Å². The average Bonchev–Trinajstić information content (AvgIpc) is 2.65. The number of aliphatic carboxylic acids is 1. The molecule has 5 nitrogen and oxygen atoms in total. The van der Waals surface area contributed by atoms with Crippen molar-refractivity contribution in [2.45, 2.75) is 70.3 Å². The Hall–Kier alpha value is -2.04. The van der Waals surface area contributed by atoms with Crippen LogP contribution in [-0.4, -0.2) is 29.6 Å². The molecule has 4 fully saturated rings. The summed E-state index contributed by atoms with van der Waals surface area (Å²) in [5.41, 5.74) is 1.78. The standard InChI is InChI=1S/C24H33NO4/c1-15(2)7-21(23(27)28)25-22(26)14-29-20-5-3-19(4-6-20)24-11-16-8-17(12-24)10-18(9-16)13-24/h3-6,15-18,21H,7-14H2,1-2H3,(H,25,26)(H,27,28)/t16?,17?,18?,21-,24?/m1/s1. The van der Waals surface area contributed by atoms with Crippen LogP contribution in [0.2, 0.25) is 0 Å². The molecule has 158 valence electrons. The van der Waals surface area contributed by atoms with Gasteiger partial charge in [-0.3, -0.25) is 4.79 Å². The maximum absolute atomic E-state index is 12.1. The molecule has 0 unspecified atom stereocenters. The van der Waals surface area contributed by atoms with Crippen molar-refractivity contribution in [1.29, 1.82) is 0 Å². The van der Waals surface area contributed by atoms with Crippen molar-refractivity contribution in [3.63, 3.8) is 0 Å². The Bertz CT molecular complexity index is 719. The fourth-order valence-corrected chi connectivity index (χ4v) is 6.45. The fourth-order valence-electron chi connectivity index (χ4n) is 6.45. The molecule has 29 heavy (non-hydrogen) atoms. The fraction of sp³-hybridized carbons (Fsp3) is 0.667. The van der Waals surface area contributed by atoms with E-state index in [1.54, 1.807) is 0 Å². The molecular formula is C24H33NO4. The minimum absolute atomic E-state index is 0.168. The second-order valence-corrected chi connectivity index (χ2v) is 10.1. The van der Waals surface area contributed by atoms with E-state index in [0.29, 0.717) is 17.6 Å². The molecule has 4 aliphatic rings. The van der Waals surface area contributed by atoms with Gasteiger partial charge in [0.1, 0.15) is 11.8 Å². The molecule has 1 amide bonds. The minimum Gasteiger partial charge on any atom is -0.484 e. The van der Waals surface area contributed by atoms with Crippen molar-refractivity contribution < 1.29 is 19.4 Å². The van der Waals surface area contributed by atoms with E-state index in [9.17, 15) is 14.7 Å². The minimum atomic E-state index is -1.01. The molecule has 1 aromatic rings. The molecule has 5 heteroatoms. The molecule has 2 N–H and O–H groups in total. The summed E-state index contributed by atoms with van der Waals surface area (Å²) < 4.78 is 5.62. The van der Waals surface area contributed by atoms with Crippen LogP contribution in [0.4, 0.5) is 0 Å². The van der Waals surface area contributed by atoms with Crippen molar-refractivity contribution in [1.82, 2.24) is 5.32 Å². The number of carbonyl (C=O) groups is 2. The summed E-state index contributed by atoms with van der Waals surface area (Å²) in [4.78, 5) is 23.4. The first kappa shape index (κ1) is 20.2. The second-order valence-electron chi connectivity index (χ2n) is 10.1. The Balaban J connectivity index is 1.33. The number of carboxylic acid groups (broad SMARTS) is 1. The summed E-state index contributed by atoms with van der Waals surface area (Å²) in [5, 5.41) is 11.8. The van der Waals surface area contributed by atoms with E-state index in [2.05, 4.69) is 17.4 Å². The summed E-state index contributed by atoms with van der Waals surface area (Å²) in [6.45, 7) is 3.70. The van der Waals surface area contributed by atoms with Crippen LogP contribution in [0.15, 0.2) is 24.3 Å². The molecule has 0 radical (unpaired) electrons. The quantitative estimate of drug-likeness (QED) is 0.689. The molecule has 5 rings (SSSR count). The van der Waals surface area contributed by atoms with Gasteiger partial charge in [-0.25, -0.2) is 4.79 Å². The zero-order valence-electron chi connectivity index (χ0n) is 17.5. The number of rotatable bonds is 8. The molecule has 0 aromatic heterocycles. The lowest BCUT2D eigenvalue weighted by Gasteiger charge is -2.57. The van der Waals surface area contributed by atoms with Crippen LogP contribution in [0.25, 0.3) is 0 Å². The van der Waals surface area contributed by atoms with Gasteiger partial charge in [0.2, 0.25) is 0 Å². The lowest BCUT2D eigenvalue weighted by Crippen LogP contribution is -2.48. The van der Waals surface area contributed by atoms with E-state index in [0.717, 1.165) is 17.8 Å². The van der Waals surface area contributed by atoms with Gasteiger partial charge in [-0.05, 0) is 91.7 Å². The smallest absolute Gasteiger partial charge is 0.326 e. The van der Waals surface area contributed by atoms with Gasteiger partial charge >= 0.3 is 5.97 Å². The van der Waals surface area contributed by atoms with Crippen molar-refractivity contribution in [3.05, 3.63) is 29.8 Å². The van der Waals surface area contributed by atoms with Gasteiger partial charge < -0.3 is 15.2 Å². The predicted molar refractivity (Wildman–Crippen MR) is 111 cm³/mol. The highest BCUT2D eigenvalue weighted by atomic mass is 16.5. The van der Waals surface area contributed by atoms with Gasteiger partial charge in [-0.1, -0.05) is 26.0 Å². The first-order valence-corrected chi connectivity index (χ1v) is 11.1. The zero-order chi connectivity index (χ0) is 20.6. The number of carboxylic acids is 1. The van der Waals surface area contributed by atoms with Gasteiger partial charge in [-0.2, -0.15) is 0 Å². The Morgan fingerprint density at radius 1 is 1.07 bits per heavy atom. The highest BCUT2D eigenvalue weighted by Gasteiger charge is 2.51. The summed E-state index contributed by atoms with van der Waals surface area (Å²) in [6.07, 6.45) is 8.69. The summed E-state index contributed by atoms with van der Waals surface area (Å²) in [5.74, 6) is 2.17. The van der Waals surface area contributed by atoms with E-state index in [1.165, 1.54) is 44.1 Å². The summed E-state index contributed by atoms with van der Waals surface area (Å²) in [7, 11) is 0. The van der Waals surface area contributed by atoms with Gasteiger partial charge in [0.25, 0.3) is 5.91 Å². The number of amides is 1. The van der Waals surface area contributed by atoms with Crippen molar-refractivity contribution in [3.8, 4) is 5.75 Å². The average molecular weight is 400 g/mol. The molecule has 0 spiro atoms. The maximum Gasteiger partial charge on any atom is 0.326 e. The molecule has 4 saturated carbocycles. The molecule has 1 atom stereocenters. The molecule has 0 saturated heterocycles. The van der Waals surface area contributed by atoms with Gasteiger partial charge in [0.05, 0.1) is 0 Å². The van der Waals surface area contributed by atoms with Crippen LogP contribution in [0, 0.1) is 23.7 Å². The number of carbonyl (C=O) groups excluding carboxylic acids is 1. The molecule has 0 aliphatic heterocycles. The van der Waals surface area contributed by atoms with Gasteiger partial charge in [-0.15, -0.1) is 0 Å². The lowest BCUT2D eigenvalue weighted by molar-refractivity contribution is -0.142. The van der Waals surface area contributed by atoms with Gasteiger partial charge in [0.15, 0.2) is 6.61 Å². The van der Waals surface area contributed by atoms with Crippen LogP contribution in [-0.2, 0) is 15.0 Å². The molecule has 4 bridgehead atoms. The van der Waals surface area contributed by atoms with Crippen LogP contribution in [0.3, 0.4) is 0 Å². The monoisotopic (exact) mass is 399 g/mol. The molecular weight excluding hydrogens is 366 g/mol. The van der Waals surface area contributed by atoms with Crippen LogP contribution in [0.5, 0.6) is 5.75 Å². The predicted octanol–water partition coefficient (Wildman–Crippen LogP) is 4.15. The first-order chi connectivity index (χ1) is 13.8. The normalized spacial score (nSPS) is 30.9. The van der Waals surface area contributed by atoms with Crippen LogP contribution in [0.1, 0.15) is 64.4 Å². The second kappa shape index (κ2) is 8.00. The Labute approximate surface area is 173 Å². The highest BCUT2D eigenvalue weighted by Crippen LogP contribution is 2.60. The molecule has 0 heterocycles. The van der Waals surface area contributed by atoms with Crippen LogP contribution < -0.4 is 10.1 Å². The van der Waals surface area contributed by atoms with E-state index in [1.807, 2.05) is 26.0 Å². The van der Waals surface area contributed by atoms with E-state index in [-0.39, 0.29) is 12.5 Å². The number of hydrogen-bond donors (Lipinski definition) is 2. The molecule has 4 aliphatic carbocycles. The van der Waals surface area contributed by atoms with Crippen molar-refractivity contribution in [2.24, 2.45) is 23.7 Å². The zero-order valence-corrected chi connectivity index (χ0v) is 17.5. The summed E-state index contributed by atoms with van der Waals surface area (Å²) in [6, 6.07) is 7.41. The third kappa shape index (κ3) is 4.44. The first-order valence-electron chi connectivity index (χ1n) is 11.1. The van der Waals surface area contributed by atoms with E-state index >= 15 is 0 Å². The Morgan fingerprint density at radius 2 is 1.62 bits per heavy atom. The highest BCUT2D eigenvalue weighted by molar-refractivity contribution is 5.84. The van der Waals surface area contributed by atoms with E-state index < -0.39 is 17.9 Å². The Morgan fingerprint density at radius 3 is 2.10 bits per heavy atom. The largest absolute Gasteiger partial charge is 0.484 e. The number of hydrogen-bond acceptors (Lipinski definition) is 3. The SMILES string of the molecule is CC(C)C[C@@H](NC(=O)COc1ccc(C23CC4CC(CC(C4)C2)C3)cc1)C(=O)O. The van der Waals surface area contributed by atoms with Crippen molar-refractivity contribution in [2.75, 3.05) is 6.61 Å². The van der Waals surface area contributed by atoms with Crippen LogP contribution >= 0.6 is 0 Å². The van der Waals surface area contributed by atoms with Crippen molar-refractivity contribution >= 4 is 11.9 Å². The maximum atomic E-state index is 12.1. The third-order valence-corrected chi connectivity index (χ3v) is 7.22. The number of ether oxygens (including phenoxy) is 1. The van der Waals surface area contributed by atoms with E-state index in [4.69, 9.17) is 4.74 Å². The Kier molecular flexibility index (Phi) is 5.58. The summed E-state index contributed by atoms with van der Waals surface area (Å²) >= 11 is 0. The third-order valence-electron chi connectivity index (χ3n) is 7.22.